The van der Waals surface area contributed by atoms with Crippen LogP contribution in [0.2, 0.25) is 0 Å². The van der Waals surface area contributed by atoms with Gasteiger partial charge in [-0.2, -0.15) is 9.97 Å². The van der Waals surface area contributed by atoms with Crippen LogP contribution in [-0.4, -0.2) is 39.8 Å². The predicted molar refractivity (Wildman–Crippen MR) is 131 cm³/mol. The summed E-state index contributed by atoms with van der Waals surface area (Å²) in [5.74, 6) is 1.54. The molecule has 0 spiro atoms. The second-order valence-corrected chi connectivity index (χ2v) is 9.53. The lowest BCUT2D eigenvalue weighted by molar-refractivity contribution is 0.293. The lowest BCUT2D eigenvalue weighted by Crippen LogP contribution is -2.37. The topological polar surface area (TPSA) is 71.4 Å². The number of hydrogen-bond acceptors (Lipinski definition) is 6. The van der Waals surface area contributed by atoms with Crippen molar-refractivity contribution in [3.63, 3.8) is 0 Å². The molecule has 0 amide bonds. The lowest BCUT2D eigenvalue weighted by atomic mass is 9.98. The number of fused-ring (bicyclic) bond motifs is 4. The third-order valence-corrected chi connectivity index (χ3v) is 7.09. The largest absolute Gasteiger partial charge is 0.508 e. The van der Waals surface area contributed by atoms with Crippen molar-refractivity contribution in [1.29, 1.82) is 0 Å². The standard InChI is InChI=1S/C27H27FN4O2/c1-2-9-34-27-30-25-22(26(31-27)32-14-16-7-8-17(10-16)15-32)13-29-24(23(25)28)21-12-19(33)11-18-5-3-4-6-20(18)21/h3-6,11-13,16-17,33H,2,7-10,14-15H2,1H3. The lowest BCUT2D eigenvalue weighted by Gasteiger charge is -2.33. The quantitative estimate of drug-likeness (QED) is 0.413. The average molecular weight is 459 g/mol. The normalized spacial score (nSPS) is 19.8. The van der Waals surface area contributed by atoms with E-state index in [2.05, 4.69) is 14.9 Å². The van der Waals surface area contributed by atoms with Crippen molar-refractivity contribution in [1.82, 2.24) is 15.0 Å². The van der Waals surface area contributed by atoms with Gasteiger partial charge in [0, 0.05) is 24.8 Å². The highest BCUT2D eigenvalue weighted by Gasteiger charge is 2.34. The van der Waals surface area contributed by atoms with E-state index in [1.54, 1.807) is 18.3 Å². The Bertz CT molecular complexity index is 1380. The number of benzene rings is 2. The van der Waals surface area contributed by atoms with Gasteiger partial charge in [0.1, 0.15) is 22.8 Å². The molecule has 6 nitrogen and oxygen atoms in total. The third-order valence-electron chi connectivity index (χ3n) is 7.09. The number of phenols is 1. The van der Waals surface area contributed by atoms with Crippen LogP contribution in [0.3, 0.4) is 0 Å². The molecule has 174 valence electrons. The minimum Gasteiger partial charge on any atom is -0.508 e. The molecule has 2 aromatic heterocycles. The van der Waals surface area contributed by atoms with Crippen LogP contribution in [-0.2, 0) is 0 Å². The van der Waals surface area contributed by atoms with Gasteiger partial charge in [-0.25, -0.2) is 4.39 Å². The number of halogens is 1. The molecule has 2 bridgehead atoms. The van der Waals surface area contributed by atoms with E-state index in [4.69, 9.17) is 9.72 Å². The molecule has 7 heteroatoms. The average Bonchev–Trinajstić information content (AvgIpc) is 3.19. The maximum absolute atomic E-state index is 16.1. The molecule has 1 N–H and O–H groups in total. The zero-order chi connectivity index (χ0) is 23.2. The molecule has 0 radical (unpaired) electrons. The molecule has 1 aliphatic heterocycles. The first-order valence-electron chi connectivity index (χ1n) is 12.1. The molecule has 1 saturated carbocycles. The van der Waals surface area contributed by atoms with Crippen molar-refractivity contribution < 1.29 is 14.2 Å². The van der Waals surface area contributed by atoms with Crippen molar-refractivity contribution in [3.05, 3.63) is 48.4 Å². The van der Waals surface area contributed by atoms with E-state index in [9.17, 15) is 5.11 Å². The fraction of sp³-hybridized carbons (Fsp3) is 0.370. The molecule has 1 aliphatic carbocycles. The molecule has 3 heterocycles. The number of aromatic nitrogens is 3. The third kappa shape index (κ3) is 3.59. The Labute approximate surface area is 197 Å². The van der Waals surface area contributed by atoms with Crippen LogP contribution in [0.4, 0.5) is 10.2 Å². The Morgan fingerprint density at radius 2 is 1.88 bits per heavy atom. The van der Waals surface area contributed by atoms with Crippen molar-refractivity contribution >= 4 is 27.5 Å². The number of phenolic OH excluding ortho intramolecular Hbond substituents is 1. The Morgan fingerprint density at radius 1 is 1.09 bits per heavy atom. The summed E-state index contributed by atoms with van der Waals surface area (Å²) in [6, 6.07) is 11.0. The monoisotopic (exact) mass is 458 g/mol. The van der Waals surface area contributed by atoms with Gasteiger partial charge >= 0.3 is 6.01 Å². The number of piperidine rings is 1. The Hall–Kier alpha value is -3.48. The molecule has 34 heavy (non-hydrogen) atoms. The van der Waals surface area contributed by atoms with Gasteiger partial charge in [0.25, 0.3) is 0 Å². The molecule has 1 saturated heterocycles. The van der Waals surface area contributed by atoms with Crippen LogP contribution in [0.15, 0.2) is 42.6 Å². The van der Waals surface area contributed by atoms with Crippen LogP contribution in [0.5, 0.6) is 11.8 Å². The summed E-state index contributed by atoms with van der Waals surface area (Å²) < 4.78 is 21.9. The molecule has 2 unspecified atom stereocenters. The van der Waals surface area contributed by atoms with Gasteiger partial charge in [-0.1, -0.05) is 31.2 Å². The molecule has 4 aromatic rings. The summed E-state index contributed by atoms with van der Waals surface area (Å²) in [4.78, 5) is 16.0. The molecule has 6 rings (SSSR count). The molecular weight excluding hydrogens is 431 g/mol. The van der Waals surface area contributed by atoms with Gasteiger partial charge in [0.15, 0.2) is 5.82 Å². The van der Waals surface area contributed by atoms with E-state index in [1.807, 2.05) is 31.2 Å². The van der Waals surface area contributed by atoms with E-state index >= 15 is 4.39 Å². The highest BCUT2D eigenvalue weighted by Crippen LogP contribution is 2.41. The Kier molecular flexibility index (Phi) is 5.20. The van der Waals surface area contributed by atoms with Crippen LogP contribution in [0.1, 0.15) is 32.6 Å². The first-order chi connectivity index (χ1) is 16.6. The van der Waals surface area contributed by atoms with Crippen molar-refractivity contribution in [2.24, 2.45) is 11.8 Å². The molecule has 2 aromatic carbocycles. The smallest absolute Gasteiger partial charge is 0.319 e. The van der Waals surface area contributed by atoms with Crippen molar-refractivity contribution in [2.75, 3.05) is 24.6 Å². The van der Waals surface area contributed by atoms with Gasteiger partial charge in [-0.3, -0.25) is 4.98 Å². The summed E-state index contributed by atoms with van der Waals surface area (Å²) in [5.41, 5.74) is 0.887. The number of anilines is 1. The van der Waals surface area contributed by atoms with Gasteiger partial charge < -0.3 is 14.7 Å². The second kappa shape index (κ2) is 8.38. The van der Waals surface area contributed by atoms with Gasteiger partial charge in [0.05, 0.1) is 12.0 Å². The Balaban J connectivity index is 1.54. The number of nitrogens with zero attached hydrogens (tertiary/aromatic N) is 4. The van der Waals surface area contributed by atoms with Crippen LogP contribution in [0, 0.1) is 17.7 Å². The highest BCUT2D eigenvalue weighted by molar-refractivity contribution is 5.99. The molecule has 2 atom stereocenters. The SMILES string of the molecule is CCCOc1nc(N2CC3CCC(C3)C2)c2cnc(-c3cc(O)cc4ccccc34)c(F)c2n1. The highest BCUT2D eigenvalue weighted by atomic mass is 19.1. The van der Waals surface area contributed by atoms with Crippen molar-refractivity contribution in [2.45, 2.75) is 32.6 Å². The molecular formula is C27H27FN4O2. The second-order valence-electron chi connectivity index (χ2n) is 9.53. The fourth-order valence-electron chi connectivity index (χ4n) is 5.58. The number of hydrogen-bond donors (Lipinski definition) is 1. The van der Waals surface area contributed by atoms with Crippen LogP contribution < -0.4 is 9.64 Å². The predicted octanol–water partition coefficient (Wildman–Crippen LogP) is 5.71. The zero-order valence-electron chi connectivity index (χ0n) is 19.2. The first kappa shape index (κ1) is 21.1. The summed E-state index contributed by atoms with van der Waals surface area (Å²) >= 11 is 0. The molecule has 2 fully saturated rings. The summed E-state index contributed by atoms with van der Waals surface area (Å²) in [7, 11) is 0. The summed E-state index contributed by atoms with van der Waals surface area (Å²) in [6.45, 7) is 4.31. The van der Waals surface area contributed by atoms with E-state index in [-0.39, 0.29) is 23.0 Å². The minimum absolute atomic E-state index is 0.0640. The summed E-state index contributed by atoms with van der Waals surface area (Å²) in [5, 5.41) is 12.5. The number of rotatable bonds is 5. The Morgan fingerprint density at radius 3 is 2.68 bits per heavy atom. The maximum atomic E-state index is 16.1. The van der Waals surface area contributed by atoms with Crippen molar-refractivity contribution in [3.8, 4) is 23.0 Å². The number of pyridine rings is 1. The fourth-order valence-corrected chi connectivity index (χ4v) is 5.58. The van der Waals surface area contributed by atoms with Crippen LogP contribution in [0.25, 0.3) is 32.9 Å². The summed E-state index contributed by atoms with van der Waals surface area (Å²) in [6.07, 6.45) is 6.22. The molecule has 2 aliphatic rings. The van der Waals surface area contributed by atoms with Gasteiger partial charge in [-0.15, -0.1) is 0 Å². The van der Waals surface area contributed by atoms with Gasteiger partial charge in [-0.05, 0) is 60.4 Å². The van der Waals surface area contributed by atoms with E-state index in [0.717, 1.165) is 30.3 Å². The van der Waals surface area contributed by atoms with Gasteiger partial charge in [0.2, 0.25) is 0 Å². The maximum Gasteiger partial charge on any atom is 0.319 e. The van der Waals surface area contributed by atoms with Crippen LogP contribution >= 0.6 is 0 Å². The van der Waals surface area contributed by atoms with E-state index in [0.29, 0.717) is 35.2 Å². The van der Waals surface area contributed by atoms with E-state index < -0.39 is 5.82 Å². The number of aromatic hydroxyl groups is 1. The van der Waals surface area contributed by atoms with E-state index in [1.165, 1.54) is 19.3 Å². The zero-order valence-corrected chi connectivity index (χ0v) is 19.2. The first-order valence-corrected chi connectivity index (χ1v) is 12.1. The minimum atomic E-state index is -0.529. The number of ether oxygens (including phenoxy) is 1.